The Kier molecular flexibility index (Phi) is 4.60. The van der Waals surface area contributed by atoms with Crippen LogP contribution >= 0.6 is 0 Å². The molecule has 2 rings (SSSR count). The maximum Gasteiger partial charge on any atom is 0.240 e. The monoisotopic (exact) mass is 312 g/mol. The highest BCUT2D eigenvalue weighted by atomic mass is 32.2. The van der Waals surface area contributed by atoms with Gasteiger partial charge in [-0.15, -0.1) is 0 Å². The molecular formula is C15H24N2O3S. The second-order valence-electron chi connectivity index (χ2n) is 6.19. The molecule has 0 aromatic heterocycles. The molecular weight excluding hydrogens is 288 g/mol. The van der Waals surface area contributed by atoms with Gasteiger partial charge in [-0.1, -0.05) is 20.8 Å². The number of rotatable bonds is 6. The maximum absolute atomic E-state index is 12.0. The van der Waals surface area contributed by atoms with Crippen LogP contribution in [0, 0.1) is 5.41 Å². The van der Waals surface area contributed by atoms with Gasteiger partial charge in [-0.3, -0.25) is 0 Å². The first-order valence-electron chi connectivity index (χ1n) is 7.31. The topological polar surface area (TPSA) is 78.4 Å². The average Bonchev–Trinajstić information content (AvgIpc) is 2.45. The van der Waals surface area contributed by atoms with Crippen molar-refractivity contribution >= 4 is 15.7 Å². The van der Waals surface area contributed by atoms with Gasteiger partial charge in [-0.25, -0.2) is 13.1 Å². The van der Waals surface area contributed by atoms with E-state index in [1.807, 2.05) is 20.8 Å². The Morgan fingerprint density at radius 2 is 1.90 bits per heavy atom. The van der Waals surface area contributed by atoms with Gasteiger partial charge in [0.1, 0.15) is 0 Å². The van der Waals surface area contributed by atoms with Crippen LogP contribution in [0.3, 0.4) is 0 Å². The molecule has 1 aromatic rings. The molecule has 118 valence electrons. The Hall–Kier alpha value is -1.11. The molecule has 0 spiro atoms. The van der Waals surface area contributed by atoms with Crippen molar-refractivity contribution in [1.82, 2.24) is 4.72 Å². The second kappa shape index (κ2) is 5.94. The SMILES string of the molecule is CCCNS(=O)(=O)c1ccc(NC2CC(O)C2(C)C)cc1. The second-order valence-corrected chi connectivity index (χ2v) is 7.96. The van der Waals surface area contributed by atoms with Crippen LogP contribution in [0.4, 0.5) is 5.69 Å². The number of hydrogen-bond acceptors (Lipinski definition) is 4. The summed E-state index contributed by atoms with van der Waals surface area (Å²) in [5, 5.41) is 13.1. The van der Waals surface area contributed by atoms with Crippen LogP contribution in [0.1, 0.15) is 33.6 Å². The molecule has 6 heteroatoms. The summed E-state index contributed by atoms with van der Waals surface area (Å²) in [7, 11) is -3.41. The van der Waals surface area contributed by atoms with E-state index in [-0.39, 0.29) is 22.5 Å². The van der Waals surface area contributed by atoms with E-state index in [0.717, 1.165) is 12.1 Å². The molecule has 3 N–H and O–H groups in total. The smallest absolute Gasteiger partial charge is 0.240 e. The van der Waals surface area contributed by atoms with Crippen molar-refractivity contribution in [3.05, 3.63) is 24.3 Å². The normalized spacial score (nSPS) is 24.4. The molecule has 1 aliphatic carbocycles. The molecule has 2 atom stereocenters. The van der Waals surface area contributed by atoms with Gasteiger partial charge < -0.3 is 10.4 Å². The van der Waals surface area contributed by atoms with Crippen molar-refractivity contribution in [3.8, 4) is 0 Å². The lowest BCUT2D eigenvalue weighted by Gasteiger charge is -2.49. The van der Waals surface area contributed by atoms with Crippen LogP contribution in [-0.2, 0) is 10.0 Å². The van der Waals surface area contributed by atoms with E-state index in [0.29, 0.717) is 13.0 Å². The number of aliphatic hydroxyl groups is 1. The fourth-order valence-corrected chi connectivity index (χ4v) is 3.53. The zero-order chi connectivity index (χ0) is 15.7. The highest BCUT2D eigenvalue weighted by Gasteiger charge is 2.47. The number of benzene rings is 1. The van der Waals surface area contributed by atoms with E-state index in [9.17, 15) is 13.5 Å². The van der Waals surface area contributed by atoms with Gasteiger partial charge in [0.2, 0.25) is 10.0 Å². The van der Waals surface area contributed by atoms with Crippen LogP contribution in [0.2, 0.25) is 0 Å². The predicted molar refractivity (Wildman–Crippen MR) is 83.7 cm³/mol. The van der Waals surface area contributed by atoms with E-state index in [1.54, 1.807) is 24.3 Å². The summed E-state index contributed by atoms with van der Waals surface area (Å²) >= 11 is 0. The quantitative estimate of drug-likeness (QED) is 0.750. The average molecular weight is 312 g/mol. The molecule has 1 fully saturated rings. The molecule has 0 bridgehead atoms. The number of hydrogen-bond donors (Lipinski definition) is 3. The van der Waals surface area contributed by atoms with Crippen molar-refractivity contribution < 1.29 is 13.5 Å². The molecule has 1 saturated carbocycles. The third-order valence-corrected chi connectivity index (χ3v) is 5.74. The molecule has 5 nitrogen and oxygen atoms in total. The van der Waals surface area contributed by atoms with Crippen molar-refractivity contribution in [3.63, 3.8) is 0 Å². The summed E-state index contributed by atoms with van der Waals surface area (Å²) in [5.41, 5.74) is 0.711. The highest BCUT2D eigenvalue weighted by molar-refractivity contribution is 7.89. The van der Waals surface area contributed by atoms with Crippen molar-refractivity contribution in [2.45, 2.75) is 50.7 Å². The minimum Gasteiger partial charge on any atom is -0.392 e. The Labute approximate surface area is 126 Å². The first-order chi connectivity index (χ1) is 9.77. The molecule has 21 heavy (non-hydrogen) atoms. The zero-order valence-electron chi connectivity index (χ0n) is 12.8. The Balaban J connectivity index is 2.03. The Bertz CT molecular complexity index is 581. The summed E-state index contributed by atoms with van der Waals surface area (Å²) in [6, 6.07) is 6.93. The number of aliphatic hydroxyl groups excluding tert-OH is 1. The fourth-order valence-electron chi connectivity index (χ4n) is 2.40. The Morgan fingerprint density at radius 1 is 1.29 bits per heavy atom. The molecule has 1 aromatic carbocycles. The van der Waals surface area contributed by atoms with Crippen LogP contribution in [0.25, 0.3) is 0 Å². The van der Waals surface area contributed by atoms with Crippen LogP contribution < -0.4 is 10.0 Å². The van der Waals surface area contributed by atoms with E-state index >= 15 is 0 Å². The van der Waals surface area contributed by atoms with Gasteiger partial charge in [-0.05, 0) is 37.1 Å². The van der Waals surface area contributed by atoms with E-state index in [4.69, 9.17) is 0 Å². The summed E-state index contributed by atoms with van der Waals surface area (Å²) in [4.78, 5) is 0.273. The fraction of sp³-hybridized carbons (Fsp3) is 0.600. The first-order valence-corrected chi connectivity index (χ1v) is 8.80. The highest BCUT2D eigenvalue weighted by Crippen LogP contribution is 2.42. The summed E-state index contributed by atoms with van der Waals surface area (Å²) in [5.74, 6) is 0. The van der Waals surface area contributed by atoms with Gasteiger partial charge in [0.05, 0.1) is 11.0 Å². The third-order valence-electron chi connectivity index (χ3n) is 4.26. The molecule has 0 aliphatic heterocycles. The lowest BCUT2D eigenvalue weighted by Crippen LogP contribution is -2.56. The van der Waals surface area contributed by atoms with E-state index in [2.05, 4.69) is 10.0 Å². The van der Waals surface area contributed by atoms with Gasteiger partial charge in [0, 0.05) is 23.7 Å². The van der Waals surface area contributed by atoms with Gasteiger partial charge in [0.15, 0.2) is 0 Å². The molecule has 0 radical (unpaired) electrons. The molecule has 2 unspecified atom stereocenters. The van der Waals surface area contributed by atoms with Crippen LogP contribution in [0.5, 0.6) is 0 Å². The summed E-state index contributed by atoms with van der Waals surface area (Å²) < 4.78 is 26.5. The predicted octanol–water partition coefficient (Wildman–Crippen LogP) is 1.95. The molecule has 0 amide bonds. The Morgan fingerprint density at radius 3 is 2.38 bits per heavy atom. The van der Waals surface area contributed by atoms with Gasteiger partial charge in [0.25, 0.3) is 0 Å². The number of sulfonamides is 1. The van der Waals surface area contributed by atoms with Crippen LogP contribution in [-0.4, -0.2) is 32.2 Å². The number of anilines is 1. The van der Waals surface area contributed by atoms with Gasteiger partial charge in [-0.2, -0.15) is 0 Å². The molecule has 1 aliphatic rings. The van der Waals surface area contributed by atoms with Gasteiger partial charge >= 0.3 is 0 Å². The number of nitrogens with one attached hydrogen (secondary N) is 2. The van der Waals surface area contributed by atoms with Crippen molar-refractivity contribution in [1.29, 1.82) is 0 Å². The molecule has 0 saturated heterocycles. The summed E-state index contributed by atoms with van der Waals surface area (Å²) in [6.45, 7) is 6.40. The minimum absolute atomic E-state index is 0.159. The standard InChI is InChI=1S/C15H24N2O3S/c1-4-9-16-21(19,20)12-7-5-11(6-8-12)17-13-10-14(18)15(13,2)3/h5-8,13-14,16-18H,4,9-10H2,1-3H3. The third kappa shape index (κ3) is 3.39. The van der Waals surface area contributed by atoms with Crippen molar-refractivity contribution in [2.75, 3.05) is 11.9 Å². The zero-order valence-corrected chi connectivity index (χ0v) is 13.6. The summed E-state index contributed by atoms with van der Waals surface area (Å²) in [6.07, 6.45) is 1.19. The minimum atomic E-state index is -3.41. The molecule has 0 heterocycles. The maximum atomic E-state index is 12.0. The first kappa shape index (κ1) is 16.3. The van der Waals surface area contributed by atoms with E-state index in [1.165, 1.54) is 0 Å². The van der Waals surface area contributed by atoms with Crippen molar-refractivity contribution in [2.24, 2.45) is 5.41 Å². The lowest BCUT2D eigenvalue weighted by atomic mass is 9.64. The lowest BCUT2D eigenvalue weighted by molar-refractivity contribution is -0.0510. The van der Waals surface area contributed by atoms with E-state index < -0.39 is 10.0 Å². The largest absolute Gasteiger partial charge is 0.392 e. The van der Waals surface area contributed by atoms with Crippen LogP contribution in [0.15, 0.2) is 29.2 Å².